The summed E-state index contributed by atoms with van der Waals surface area (Å²) in [7, 11) is 1.58. The first-order chi connectivity index (χ1) is 14.7. The molecule has 2 heterocycles. The van der Waals surface area contributed by atoms with E-state index in [2.05, 4.69) is 25.5 Å². The van der Waals surface area contributed by atoms with Gasteiger partial charge in [-0.25, -0.2) is 9.78 Å². The van der Waals surface area contributed by atoms with Crippen molar-refractivity contribution in [1.82, 2.24) is 25.5 Å². The Labute approximate surface area is 172 Å². The summed E-state index contributed by atoms with van der Waals surface area (Å²) in [5.41, 5.74) is 3.29. The lowest BCUT2D eigenvalue weighted by Crippen LogP contribution is -2.26. The lowest BCUT2D eigenvalue weighted by molar-refractivity contribution is 0.200. The SMILES string of the molecule is COc1ccc(OC(=O)NCc2ccccc2)cc1-c1cncc(-c2ncn[nH]2)c1. The van der Waals surface area contributed by atoms with Gasteiger partial charge in [-0.3, -0.25) is 10.1 Å². The highest BCUT2D eigenvalue weighted by Gasteiger charge is 2.12. The standard InChI is InChI=1S/C22H19N5O3/c1-29-20-8-7-18(30-22(28)24-11-15-5-3-2-4-6-15)10-19(20)16-9-17(13-23-12-16)21-25-14-26-27-21/h2-10,12-14H,11H2,1H3,(H,24,28)(H,25,26,27). The normalized spacial score (nSPS) is 10.4. The van der Waals surface area contributed by atoms with Gasteiger partial charge in [0.15, 0.2) is 5.82 Å². The number of nitrogens with zero attached hydrogens (tertiary/aromatic N) is 3. The van der Waals surface area contributed by atoms with E-state index in [1.807, 2.05) is 36.4 Å². The highest BCUT2D eigenvalue weighted by Crippen LogP contribution is 2.34. The summed E-state index contributed by atoms with van der Waals surface area (Å²) >= 11 is 0. The molecule has 0 saturated carbocycles. The van der Waals surface area contributed by atoms with Crippen LogP contribution in [0.4, 0.5) is 4.79 Å². The van der Waals surface area contributed by atoms with E-state index in [9.17, 15) is 4.79 Å². The fourth-order valence-electron chi connectivity index (χ4n) is 2.95. The summed E-state index contributed by atoms with van der Waals surface area (Å²) < 4.78 is 10.9. The number of aromatic nitrogens is 4. The van der Waals surface area contributed by atoms with Gasteiger partial charge < -0.3 is 14.8 Å². The number of nitrogens with one attached hydrogen (secondary N) is 2. The van der Waals surface area contributed by atoms with E-state index in [1.54, 1.807) is 37.7 Å². The predicted molar refractivity (Wildman–Crippen MR) is 111 cm³/mol. The van der Waals surface area contributed by atoms with Crippen molar-refractivity contribution in [2.45, 2.75) is 6.54 Å². The molecule has 2 N–H and O–H groups in total. The molecule has 0 aliphatic carbocycles. The van der Waals surface area contributed by atoms with Crippen LogP contribution in [-0.2, 0) is 6.54 Å². The van der Waals surface area contributed by atoms with Gasteiger partial charge in [-0.2, -0.15) is 5.10 Å². The molecule has 8 heteroatoms. The van der Waals surface area contributed by atoms with Gasteiger partial charge in [0.2, 0.25) is 0 Å². The predicted octanol–water partition coefficient (Wildman–Crippen LogP) is 3.83. The number of hydrogen-bond donors (Lipinski definition) is 2. The Kier molecular flexibility index (Phi) is 5.66. The molecule has 0 bridgehead atoms. The number of amides is 1. The first-order valence-corrected chi connectivity index (χ1v) is 9.22. The third-order valence-corrected chi connectivity index (χ3v) is 4.40. The second-order valence-electron chi connectivity index (χ2n) is 6.39. The molecule has 4 rings (SSSR count). The van der Waals surface area contributed by atoms with Gasteiger partial charge in [0.05, 0.1) is 7.11 Å². The number of H-pyrrole nitrogens is 1. The number of aromatic amines is 1. The topological polar surface area (TPSA) is 102 Å². The van der Waals surface area contributed by atoms with Crippen LogP contribution in [0.5, 0.6) is 11.5 Å². The van der Waals surface area contributed by atoms with Crippen LogP contribution in [0, 0.1) is 0 Å². The number of rotatable bonds is 6. The minimum Gasteiger partial charge on any atom is -0.496 e. The second kappa shape index (κ2) is 8.87. The molecule has 30 heavy (non-hydrogen) atoms. The maximum absolute atomic E-state index is 12.2. The molecule has 0 aliphatic rings. The first-order valence-electron chi connectivity index (χ1n) is 9.22. The van der Waals surface area contributed by atoms with Crippen LogP contribution < -0.4 is 14.8 Å². The minimum absolute atomic E-state index is 0.381. The van der Waals surface area contributed by atoms with E-state index in [1.165, 1.54) is 6.33 Å². The van der Waals surface area contributed by atoms with Crippen molar-refractivity contribution in [2.24, 2.45) is 0 Å². The van der Waals surface area contributed by atoms with Crippen LogP contribution >= 0.6 is 0 Å². The van der Waals surface area contributed by atoms with E-state index in [4.69, 9.17) is 9.47 Å². The van der Waals surface area contributed by atoms with Crippen LogP contribution in [0.25, 0.3) is 22.5 Å². The molecule has 0 saturated heterocycles. The maximum Gasteiger partial charge on any atom is 0.412 e. The molecule has 4 aromatic rings. The van der Waals surface area contributed by atoms with E-state index in [0.717, 1.165) is 22.3 Å². The first kappa shape index (κ1) is 19.1. The van der Waals surface area contributed by atoms with E-state index in [-0.39, 0.29) is 0 Å². The fourth-order valence-corrected chi connectivity index (χ4v) is 2.95. The van der Waals surface area contributed by atoms with Crippen molar-refractivity contribution in [3.05, 3.63) is 78.9 Å². The Morgan fingerprint density at radius 3 is 2.67 bits per heavy atom. The van der Waals surface area contributed by atoms with Crippen molar-refractivity contribution in [3.8, 4) is 34.0 Å². The third kappa shape index (κ3) is 4.44. The van der Waals surface area contributed by atoms with E-state index < -0.39 is 6.09 Å². The number of benzene rings is 2. The molecular weight excluding hydrogens is 382 g/mol. The summed E-state index contributed by atoms with van der Waals surface area (Å²) in [5, 5.41) is 9.42. The number of carbonyl (C=O) groups excluding carboxylic acids is 1. The fraction of sp³-hybridized carbons (Fsp3) is 0.0909. The summed E-state index contributed by atoms with van der Waals surface area (Å²) in [4.78, 5) is 20.6. The lowest BCUT2D eigenvalue weighted by Gasteiger charge is -2.12. The Bertz CT molecular complexity index is 1130. The molecule has 0 aliphatic heterocycles. The van der Waals surface area contributed by atoms with Gasteiger partial charge in [0, 0.05) is 35.6 Å². The quantitative estimate of drug-likeness (QED) is 0.509. The summed E-state index contributed by atoms with van der Waals surface area (Å²) in [5.74, 6) is 1.63. The molecule has 0 spiro atoms. The monoisotopic (exact) mass is 401 g/mol. The number of ether oxygens (including phenoxy) is 2. The highest BCUT2D eigenvalue weighted by molar-refractivity contribution is 5.76. The number of pyridine rings is 1. The Morgan fingerprint density at radius 1 is 1.07 bits per heavy atom. The van der Waals surface area contributed by atoms with Gasteiger partial charge in [0.1, 0.15) is 17.8 Å². The van der Waals surface area contributed by atoms with Crippen LogP contribution in [0.15, 0.2) is 73.3 Å². The van der Waals surface area contributed by atoms with Crippen molar-refractivity contribution in [1.29, 1.82) is 0 Å². The minimum atomic E-state index is -0.538. The molecule has 8 nitrogen and oxygen atoms in total. The summed E-state index contributed by atoms with van der Waals surface area (Å²) in [6.07, 6.45) is 4.29. The Morgan fingerprint density at radius 2 is 1.90 bits per heavy atom. The molecular formula is C22H19N5O3. The third-order valence-electron chi connectivity index (χ3n) is 4.40. The second-order valence-corrected chi connectivity index (χ2v) is 6.39. The highest BCUT2D eigenvalue weighted by atomic mass is 16.6. The van der Waals surface area contributed by atoms with Crippen LogP contribution in [-0.4, -0.2) is 33.4 Å². The number of methoxy groups -OCH3 is 1. The zero-order valence-corrected chi connectivity index (χ0v) is 16.2. The van der Waals surface area contributed by atoms with Crippen molar-refractivity contribution in [2.75, 3.05) is 7.11 Å². The zero-order chi connectivity index (χ0) is 20.8. The molecule has 0 unspecified atom stereocenters. The Balaban J connectivity index is 1.54. The summed E-state index contributed by atoms with van der Waals surface area (Å²) in [6.45, 7) is 0.381. The molecule has 150 valence electrons. The van der Waals surface area contributed by atoms with Crippen LogP contribution in [0.1, 0.15) is 5.56 Å². The molecule has 0 atom stereocenters. The summed E-state index contributed by atoms with van der Waals surface area (Å²) in [6, 6.07) is 16.7. The van der Waals surface area contributed by atoms with E-state index >= 15 is 0 Å². The maximum atomic E-state index is 12.2. The molecule has 2 aromatic heterocycles. The van der Waals surface area contributed by atoms with Gasteiger partial charge >= 0.3 is 6.09 Å². The van der Waals surface area contributed by atoms with Gasteiger partial charge in [-0.05, 0) is 29.8 Å². The molecule has 1 amide bonds. The van der Waals surface area contributed by atoms with E-state index in [0.29, 0.717) is 23.9 Å². The Hall–Kier alpha value is -4.20. The molecule has 2 aromatic carbocycles. The van der Waals surface area contributed by atoms with Gasteiger partial charge in [-0.15, -0.1) is 0 Å². The number of carbonyl (C=O) groups is 1. The number of hydrogen-bond acceptors (Lipinski definition) is 6. The average molecular weight is 401 g/mol. The largest absolute Gasteiger partial charge is 0.496 e. The van der Waals surface area contributed by atoms with Crippen molar-refractivity contribution in [3.63, 3.8) is 0 Å². The van der Waals surface area contributed by atoms with Crippen molar-refractivity contribution < 1.29 is 14.3 Å². The smallest absolute Gasteiger partial charge is 0.412 e. The average Bonchev–Trinajstić information content (AvgIpc) is 3.34. The van der Waals surface area contributed by atoms with Crippen LogP contribution in [0.2, 0.25) is 0 Å². The molecule has 0 radical (unpaired) electrons. The zero-order valence-electron chi connectivity index (χ0n) is 16.2. The van der Waals surface area contributed by atoms with Crippen LogP contribution in [0.3, 0.4) is 0 Å². The van der Waals surface area contributed by atoms with Gasteiger partial charge in [0.25, 0.3) is 0 Å². The lowest BCUT2D eigenvalue weighted by atomic mass is 10.0. The molecule has 0 fully saturated rings. The van der Waals surface area contributed by atoms with Gasteiger partial charge in [-0.1, -0.05) is 30.3 Å². The van der Waals surface area contributed by atoms with Crippen molar-refractivity contribution >= 4 is 6.09 Å².